The zero-order valence-electron chi connectivity index (χ0n) is 12.5. The Morgan fingerprint density at radius 3 is 2.60 bits per heavy atom. The van der Waals surface area contributed by atoms with Crippen LogP contribution in [0.3, 0.4) is 0 Å². The molecule has 2 aromatic rings. The summed E-state index contributed by atoms with van der Waals surface area (Å²) in [7, 11) is 0. The van der Waals surface area contributed by atoms with Gasteiger partial charge in [-0.2, -0.15) is 0 Å². The highest BCUT2D eigenvalue weighted by molar-refractivity contribution is 7.11. The first-order valence-electron chi connectivity index (χ1n) is 6.90. The van der Waals surface area contributed by atoms with Crippen molar-refractivity contribution in [2.24, 2.45) is 0 Å². The van der Waals surface area contributed by atoms with Crippen molar-refractivity contribution in [1.29, 1.82) is 0 Å². The van der Waals surface area contributed by atoms with E-state index < -0.39 is 0 Å². The summed E-state index contributed by atoms with van der Waals surface area (Å²) in [6, 6.07) is 6.45. The molecule has 0 saturated heterocycles. The number of anilines is 2. The van der Waals surface area contributed by atoms with Gasteiger partial charge in [-0.15, -0.1) is 11.3 Å². The summed E-state index contributed by atoms with van der Waals surface area (Å²) >= 11 is 1.84. The maximum Gasteiger partial charge on any atom is 0.135 e. The summed E-state index contributed by atoms with van der Waals surface area (Å²) in [5.74, 6) is 2.38. The van der Waals surface area contributed by atoms with Crippen LogP contribution < -0.4 is 11.1 Å². The van der Waals surface area contributed by atoms with E-state index in [-0.39, 0.29) is 5.92 Å². The third-order valence-electron chi connectivity index (χ3n) is 2.98. The first kappa shape index (κ1) is 14.8. The number of nitrogen functional groups attached to an aromatic ring is 1. The quantitative estimate of drug-likeness (QED) is 0.883. The van der Waals surface area contributed by atoms with Crippen LogP contribution >= 0.6 is 11.3 Å². The van der Waals surface area contributed by atoms with Crippen molar-refractivity contribution in [2.45, 2.75) is 46.1 Å². The zero-order valence-corrected chi connectivity index (χ0v) is 13.3. The average molecular weight is 290 g/mol. The predicted molar refractivity (Wildman–Crippen MR) is 86.4 cm³/mol. The van der Waals surface area contributed by atoms with Crippen LogP contribution in [0.25, 0.3) is 0 Å². The Morgan fingerprint density at radius 1 is 1.25 bits per heavy atom. The topological polar surface area (TPSA) is 63.8 Å². The van der Waals surface area contributed by atoms with Gasteiger partial charge in [0, 0.05) is 34.2 Å². The second-order valence-electron chi connectivity index (χ2n) is 5.45. The summed E-state index contributed by atoms with van der Waals surface area (Å²) in [5, 5.41) is 3.41. The lowest BCUT2D eigenvalue weighted by atomic mass is 10.2. The molecule has 0 fully saturated rings. The Bertz CT molecular complexity index is 577. The Kier molecular flexibility index (Phi) is 4.60. The maximum absolute atomic E-state index is 5.84. The number of hydrogen-bond donors (Lipinski definition) is 2. The molecule has 5 heteroatoms. The highest BCUT2D eigenvalue weighted by atomic mass is 32.1. The summed E-state index contributed by atoms with van der Waals surface area (Å²) < 4.78 is 0. The monoisotopic (exact) mass is 290 g/mol. The molecule has 2 rings (SSSR count). The van der Waals surface area contributed by atoms with Gasteiger partial charge >= 0.3 is 0 Å². The third kappa shape index (κ3) is 3.93. The highest BCUT2D eigenvalue weighted by Gasteiger charge is 2.10. The van der Waals surface area contributed by atoms with E-state index in [2.05, 4.69) is 55.1 Å². The molecule has 2 aromatic heterocycles. The molecule has 0 aromatic carbocycles. The van der Waals surface area contributed by atoms with Gasteiger partial charge in [0.1, 0.15) is 17.5 Å². The van der Waals surface area contributed by atoms with Gasteiger partial charge in [-0.25, -0.2) is 9.97 Å². The van der Waals surface area contributed by atoms with Gasteiger partial charge in [-0.1, -0.05) is 13.8 Å². The molecule has 2 heterocycles. The van der Waals surface area contributed by atoms with Gasteiger partial charge in [0.2, 0.25) is 0 Å². The van der Waals surface area contributed by atoms with Crippen molar-refractivity contribution >= 4 is 23.0 Å². The number of nitrogens with two attached hydrogens (primary N) is 1. The number of nitrogens with one attached hydrogen (secondary N) is 1. The van der Waals surface area contributed by atoms with Crippen LogP contribution in [0.15, 0.2) is 18.2 Å². The molecule has 0 aliphatic heterocycles. The predicted octanol–water partition coefficient (Wildman–Crippen LogP) is 3.60. The fourth-order valence-corrected chi connectivity index (χ4v) is 3.04. The van der Waals surface area contributed by atoms with Crippen LogP contribution in [0.4, 0.5) is 11.6 Å². The number of aryl methyl sites for hydroxylation is 1. The van der Waals surface area contributed by atoms with Gasteiger partial charge in [0.15, 0.2) is 0 Å². The molecular formula is C15H22N4S. The molecule has 3 N–H and O–H groups in total. The van der Waals surface area contributed by atoms with E-state index >= 15 is 0 Å². The van der Waals surface area contributed by atoms with E-state index in [1.165, 1.54) is 9.75 Å². The van der Waals surface area contributed by atoms with Gasteiger partial charge in [0.05, 0.1) is 0 Å². The molecule has 1 atom stereocenters. The summed E-state index contributed by atoms with van der Waals surface area (Å²) in [6.07, 6.45) is 0.986. The maximum atomic E-state index is 5.84. The van der Waals surface area contributed by atoms with Crippen molar-refractivity contribution in [3.05, 3.63) is 33.8 Å². The van der Waals surface area contributed by atoms with Gasteiger partial charge < -0.3 is 11.1 Å². The largest absolute Gasteiger partial charge is 0.384 e. The number of hydrogen-bond acceptors (Lipinski definition) is 5. The summed E-state index contributed by atoms with van der Waals surface area (Å²) in [6.45, 7) is 8.42. The summed E-state index contributed by atoms with van der Waals surface area (Å²) in [5.41, 5.74) is 5.84. The smallest absolute Gasteiger partial charge is 0.135 e. The SMILES string of the molecule is Cc1ccc(CC(C)Nc2cc(N)nc(C(C)C)n2)s1. The fraction of sp³-hybridized carbons (Fsp3) is 0.467. The minimum absolute atomic E-state index is 0.273. The minimum Gasteiger partial charge on any atom is -0.384 e. The van der Waals surface area contributed by atoms with E-state index in [0.29, 0.717) is 11.9 Å². The molecule has 0 aliphatic rings. The number of nitrogens with zero attached hydrogens (tertiary/aromatic N) is 2. The fourth-order valence-electron chi connectivity index (χ4n) is 2.02. The van der Waals surface area contributed by atoms with Crippen LogP contribution in [-0.4, -0.2) is 16.0 Å². The average Bonchev–Trinajstić information content (AvgIpc) is 2.73. The lowest BCUT2D eigenvalue weighted by molar-refractivity contribution is 0.759. The van der Waals surface area contributed by atoms with Crippen LogP contribution in [0.5, 0.6) is 0 Å². The molecule has 0 aliphatic carbocycles. The van der Waals surface area contributed by atoms with Crippen LogP contribution in [0.2, 0.25) is 0 Å². The molecule has 0 amide bonds. The van der Waals surface area contributed by atoms with Crippen molar-refractivity contribution in [3.63, 3.8) is 0 Å². The molecular weight excluding hydrogens is 268 g/mol. The Balaban J connectivity index is 2.05. The van der Waals surface area contributed by atoms with Crippen molar-refractivity contribution in [2.75, 3.05) is 11.1 Å². The first-order valence-corrected chi connectivity index (χ1v) is 7.72. The number of aromatic nitrogens is 2. The van der Waals surface area contributed by atoms with Crippen molar-refractivity contribution in [1.82, 2.24) is 9.97 Å². The number of rotatable bonds is 5. The second kappa shape index (κ2) is 6.22. The molecule has 1 unspecified atom stereocenters. The van der Waals surface area contributed by atoms with E-state index in [0.717, 1.165) is 18.1 Å². The molecule has 0 bridgehead atoms. The molecule has 108 valence electrons. The Labute approximate surface area is 124 Å². The van der Waals surface area contributed by atoms with E-state index in [9.17, 15) is 0 Å². The van der Waals surface area contributed by atoms with Gasteiger partial charge in [-0.05, 0) is 26.0 Å². The molecule has 4 nitrogen and oxygen atoms in total. The second-order valence-corrected chi connectivity index (χ2v) is 6.83. The van der Waals surface area contributed by atoms with Crippen LogP contribution in [-0.2, 0) is 6.42 Å². The minimum atomic E-state index is 0.273. The Hall–Kier alpha value is -1.62. The Morgan fingerprint density at radius 2 is 2.00 bits per heavy atom. The van der Waals surface area contributed by atoms with E-state index in [4.69, 9.17) is 5.73 Å². The van der Waals surface area contributed by atoms with E-state index in [1.54, 1.807) is 6.07 Å². The van der Waals surface area contributed by atoms with Crippen molar-refractivity contribution < 1.29 is 0 Å². The lowest BCUT2D eigenvalue weighted by Crippen LogP contribution is -2.19. The molecule has 0 radical (unpaired) electrons. The van der Waals surface area contributed by atoms with Crippen LogP contribution in [0, 0.1) is 6.92 Å². The lowest BCUT2D eigenvalue weighted by Gasteiger charge is -2.15. The van der Waals surface area contributed by atoms with Gasteiger partial charge in [-0.3, -0.25) is 0 Å². The molecule has 0 spiro atoms. The summed E-state index contributed by atoms with van der Waals surface area (Å²) in [4.78, 5) is 11.5. The van der Waals surface area contributed by atoms with E-state index in [1.807, 2.05) is 11.3 Å². The third-order valence-corrected chi connectivity index (χ3v) is 4.00. The van der Waals surface area contributed by atoms with Crippen LogP contribution in [0.1, 0.15) is 42.3 Å². The van der Waals surface area contributed by atoms with Crippen molar-refractivity contribution in [3.8, 4) is 0 Å². The zero-order chi connectivity index (χ0) is 14.7. The number of thiophene rings is 1. The molecule has 0 saturated carbocycles. The first-order chi connectivity index (χ1) is 9.44. The highest BCUT2D eigenvalue weighted by Crippen LogP contribution is 2.19. The molecule has 20 heavy (non-hydrogen) atoms. The van der Waals surface area contributed by atoms with Gasteiger partial charge in [0.25, 0.3) is 0 Å². The normalized spacial score (nSPS) is 12.7. The standard InChI is InChI=1S/C15H22N4S/c1-9(2)15-18-13(16)8-14(19-15)17-10(3)7-12-6-5-11(4)20-12/h5-6,8-10H,7H2,1-4H3,(H3,16,17,18,19).